The summed E-state index contributed by atoms with van der Waals surface area (Å²) in [6, 6.07) is 12.3. The summed E-state index contributed by atoms with van der Waals surface area (Å²) in [5, 5.41) is 0. The first-order valence-corrected chi connectivity index (χ1v) is 10.7. The summed E-state index contributed by atoms with van der Waals surface area (Å²) < 4.78 is 0. The lowest BCUT2D eigenvalue weighted by Gasteiger charge is -2.24. The second-order valence-corrected chi connectivity index (χ2v) is 7.75. The topological polar surface area (TPSA) is 53.5 Å². The van der Waals surface area contributed by atoms with Gasteiger partial charge in [-0.3, -0.25) is 14.6 Å². The number of hydrogen-bond donors (Lipinski definition) is 0. The molecule has 154 valence electrons. The molecule has 0 bridgehead atoms. The van der Waals surface area contributed by atoms with Gasteiger partial charge in [0.2, 0.25) is 11.8 Å². The summed E-state index contributed by atoms with van der Waals surface area (Å²) in [6.07, 6.45) is 6.53. The van der Waals surface area contributed by atoms with Crippen LogP contribution >= 0.6 is 0 Å². The largest absolute Gasteiger partial charge is 0.341 e. The normalized spacial score (nSPS) is 17.3. The zero-order valence-corrected chi connectivity index (χ0v) is 17.5. The first kappa shape index (κ1) is 21.0. The Hall–Kier alpha value is -2.69. The first-order valence-electron chi connectivity index (χ1n) is 10.7. The molecule has 5 heteroatoms. The van der Waals surface area contributed by atoms with E-state index in [0.29, 0.717) is 32.5 Å². The van der Waals surface area contributed by atoms with Gasteiger partial charge in [0.1, 0.15) is 0 Å². The first-order chi connectivity index (χ1) is 14.1. The van der Waals surface area contributed by atoms with Crippen molar-refractivity contribution < 1.29 is 9.59 Å². The third-order valence-corrected chi connectivity index (χ3v) is 5.47. The van der Waals surface area contributed by atoms with Gasteiger partial charge >= 0.3 is 0 Å². The van der Waals surface area contributed by atoms with Crippen LogP contribution in [0.25, 0.3) is 11.1 Å². The molecule has 2 amide bonds. The molecular formula is C24H31N3O2. The van der Waals surface area contributed by atoms with Crippen LogP contribution in [0.15, 0.2) is 48.8 Å². The molecule has 0 spiro atoms. The number of carbonyl (C=O) groups excluding carboxylic acids is 2. The van der Waals surface area contributed by atoms with Gasteiger partial charge in [0.15, 0.2) is 0 Å². The molecule has 2 heterocycles. The molecule has 3 rings (SSSR count). The molecule has 1 aliphatic heterocycles. The summed E-state index contributed by atoms with van der Waals surface area (Å²) in [5.41, 5.74) is 3.36. The zero-order valence-electron chi connectivity index (χ0n) is 17.5. The van der Waals surface area contributed by atoms with Gasteiger partial charge in [0.05, 0.1) is 5.92 Å². The number of aromatic nitrogens is 1. The monoisotopic (exact) mass is 393 g/mol. The summed E-state index contributed by atoms with van der Waals surface area (Å²) in [7, 11) is 0. The lowest BCUT2D eigenvalue weighted by atomic mass is 9.95. The van der Waals surface area contributed by atoms with Crippen LogP contribution in [-0.4, -0.2) is 52.8 Å². The van der Waals surface area contributed by atoms with Crippen molar-refractivity contribution in [3.05, 3.63) is 54.4 Å². The smallest absolute Gasteiger partial charge is 0.227 e. The molecule has 1 fully saturated rings. The minimum atomic E-state index is -0.197. The van der Waals surface area contributed by atoms with Crippen molar-refractivity contribution >= 4 is 11.8 Å². The molecule has 1 aliphatic rings. The molecule has 5 nitrogen and oxygen atoms in total. The molecule has 29 heavy (non-hydrogen) atoms. The van der Waals surface area contributed by atoms with Crippen molar-refractivity contribution in [2.75, 3.05) is 26.2 Å². The summed E-state index contributed by atoms with van der Waals surface area (Å²) >= 11 is 0. The van der Waals surface area contributed by atoms with Crippen molar-refractivity contribution in [1.29, 1.82) is 0 Å². The molecule has 2 aromatic rings. The van der Waals surface area contributed by atoms with E-state index in [0.717, 1.165) is 36.1 Å². The molecule has 0 unspecified atom stereocenters. The van der Waals surface area contributed by atoms with Gasteiger partial charge < -0.3 is 9.80 Å². The van der Waals surface area contributed by atoms with Gasteiger partial charge in [0.25, 0.3) is 0 Å². The van der Waals surface area contributed by atoms with Crippen molar-refractivity contribution in [2.24, 2.45) is 5.92 Å². The van der Waals surface area contributed by atoms with E-state index in [1.165, 1.54) is 0 Å². The van der Waals surface area contributed by atoms with E-state index in [2.05, 4.69) is 30.1 Å². The minimum Gasteiger partial charge on any atom is -0.341 e. The van der Waals surface area contributed by atoms with Crippen LogP contribution in [0.1, 0.15) is 38.7 Å². The van der Waals surface area contributed by atoms with Crippen LogP contribution in [0.4, 0.5) is 0 Å². The standard InChI is InChI=1S/C24H31N3O2/c1-3-6-23(28)27-15-14-26(13-4-2)24(29)22(18-27)17-19-7-5-8-21(16-19)20-9-11-25-12-10-20/h5,7-12,16,22H,3-4,6,13-15,17-18H2,1-2H3/t22-/m1/s1. The maximum atomic E-state index is 13.2. The average molecular weight is 394 g/mol. The molecule has 1 aromatic carbocycles. The highest BCUT2D eigenvalue weighted by molar-refractivity contribution is 5.82. The van der Waals surface area contributed by atoms with Gasteiger partial charge in [-0.2, -0.15) is 0 Å². The number of pyridine rings is 1. The third kappa shape index (κ3) is 5.43. The number of nitrogens with zero attached hydrogens (tertiary/aromatic N) is 3. The van der Waals surface area contributed by atoms with E-state index in [9.17, 15) is 9.59 Å². The van der Waals surface area contributed by atoms with Gasteiger partial charge in [-0.15, -0.1) is 0 Å². The molecule has 0 N–H and O–H groups in total. The van der Waals surface area contributed by atoms with E-state index in [1.54, 1.807) is 12.4 Å². The van der Waals surface area contributed by atoms with Gasteiger partial charge in [0, 0.05) is 45.0 Å². The van der Waals surface area contributed by atoms with Crippen molar-refractivity contribution in [3.63, 3.8) is 0 Å². The number of benzene rings is 1. The lowest BCUT2D eigenvalue weighted by molar-refractivity contribution is -0.135. The zero-order chi connectivity index (χ0) is 20.6. The van der Waals surface area contributed by atoms with E-state index < -0.39 is 0 Å². The molecule has 0 saturated carbocycles. The second kappa shape index (κ2) is 10.2. The Morgan fingerprint density at radius 2 is 1.86 bits per heavy atom. The van der Waals surface area contributed by atoms with Crippen LogP contribution in [0, 0.1) is 5.92 Å². The summed E-state index contributed by atoms with van der Waals surface area (Å²) in [6.45, 7) is 6.64. The number of amides is 2. The number of carbonyl (C=O) groups is 2. The highest BCUT2D eigenvalue weighted by Crippen LogP contribution is 2.23. The van der Waals surface area contributed by atoms with Crippen LogP contribution in [0.3, 0.4) is 0 Å². The molecule has 1 atom stereocenters. The fourth-order valence-electron chi connectivity index (χ4n) is 3.99. The summed E-state index contributed by atoms with van der Waals surface area (Å²) in [5.74, 6) is 0.139. The Morgan fingerprint density at radius 1 is 1.07 bits per heavy atom. The van der Waals surface area contributed by atoms with Gasteiger partial charge in [-0.1, -0.05) is 38.1 Å². The Kier molecular flexibility index (Phi) is 7.39. The van der Waals surface area contributed by atoms with Crippen LogP contribution in [-0.2, 0) is 16.0 Å². The Labute approximate surface area is 173 Å². The van der Waals surface area contributed by atoms with Crippen LogP contribution < -0.4 is 0 Å². The van der Waals surface area contributed by atoms with E-state index in [1.807, 2.05) is 34.9 Å². The number of rotatable bonds is 7. The highest BCUT2D eigenvalue weighted by atomic mass is 16.2. The predicted molar refractivity (Wildman–Crippen MR) is 115 cm³/mol. The quantitative estimate of drug-likeness (QED) is 0.719. The van der Waals surface area contributed by atoms with E-state index in [-0.39, 0.29) is 17.7 Å². The molecule has 0 radical (unpaired) electrons. The SMILES string of the molecule is CCCC(=O)N1CCN(CCC)C(=O)[C@H](Cc2cccc(-c3ccncc3)c2)C1. The van der Waals surface area contributed by atoms with E-state index in [4.69, 9.17) is 0 Å². The maximum Gasteiger partial charge on any atom is 0.227 e. The van der Waals surface area contributed by atoms with Gasteiger partial charge in [-0.25, -0.2) is 0 Å². The van der Waals surface area contributed by atoms with Crippen molar-refractivity contribution in [3.8, 4) is 11.1 Å². The molecule has 1 aromatic heterocycles. The Morgan fingerprint density at radius 3 is 2.59 bits per heavy atom. The Bertz CT molecular complexity index is 822. The molecule has 0 aliphatic carbocycles. The van der Waals surface area contributed by atoms with Crippen LogP contribution in [0.2, 0.25) is 0 Å². The summed E-state index contributed by atoms with van der Waals surface area (Å²) in [4.78, 5) is 33.7. The molecule has 1 saturated heterocycles. The maximum absolute atomic E-state index is 13.2. The predicted octanol–water partition coefficient (Wildman–Crippen LogP) is 3.79. The highest BCUT2D eigenvalue weighted by Gasteiger charge is 2.31. The average Bonchev–Trinajstić information content (AvgIpc) is 2.89. The minimum absolute atomic E-state index is 0.161. The fourth-order valence-corrected chi connectivity index (χ4v) is 3.99. The fraction of sp³-hybridized carbons (Fsp3) is 0.458. The Balaban J connectivity index is 1.82. The molecular weight excluding hydrogens is 362 g/mol. The van der Waals surface area contributed by atoms with Gasteiger partial charge in [-0.05, 0) is 48.1 Å². The van der Waals surface area contributed by atoms with Crippen LogP contribution in [0.5, 0.6) is 0 Å². The van der Waals surface area contributed by atoms with Crippen molar-refractivity contribution in [1.82, 2.24) is 14.8 Å². The van der Waals surface area contributed by atoms with Crippen molar-refractivity contribution in [2.45, 2.75) is 39.5 Å². The number of hydrogen-bond acceptors (Lipinski definition) is 3. The lowest BCUT2D eigenvalue weighted by Crippen LogP contribution is -2.38. The second-order valence-electron chi connectivity index (χ2n) is 7.75. The van der Waals surface area contributed by atoms with E-state index >= 15 is 0 Å². The third-order valence-electron chi connectivity index (χ3n) is 5.47.